The van der Waals surface area contributed by atoms with Crippen molar-refractivity contribution in [2.45, 2.75) is 39.0 Å². The van der Waals surface area contributed by atoms with Crippen LogP contribution in [0.4, 0.5) is 0 Å². The number of methoxy groups -OCH3 is 1. The second-order valence-electron chi connectivity index (χ2n) is 6.21. The van der Waals surface area contributed by atoms with Gasteiger partial charge >= 0.3 is 0 Å². The first-order valence-electron chi connectivity index (χ1n) is 7.47. The summed E-state index contributed by atoms with van der Waals surface area (Å²) in [6, 6.07) is 5.82. The van der Waals surface area contributed by atoms with Gasteiger partial charge in [-0.2, -0.15) is 5.10 Å². The Bertz CT molecular complexity index is 691. The normalized spacial score (nSPS) is 13.6. The van der Waals surface area contributed by atoms with E-state index in [1.54, 1.807) is 25.6 Å². The van der Waals surface area contributed by atoms with Crippen molar-refractivity contribution in [3.8, 4) is 11.5 Å². The minimum absolute atomic E-state index is 0.256. The Morgan fingerprint density at radius 2 is 2.09 bits per heavy atom. The fourth-order valence-electron chi connectivity index (χ4n) is 2.47. The molecule has 0 radical (unpaired) electrons. The number of fused-ring (bicyclic) bond motifs is 1. The lowest BCUT2D eigenvalue weighted by Crippen LogP contribution is -2.28. The minimum Gasteiger partial charge on any atom is -0.454 e. The van der Waals surface area contributed by atoms with Crippen molar-refractivity contribution >= 4 is 0 Å². The molecule has 3 rings (SSSR count). The number of aliphatic hydroxyl groups is 1. The summed E-state index contributed by atoms with van der Waals surface area (Å²) in [6.45, 7) is 4.45. The SMILES string of the molecule is COCc1nc(Cc2ccc3c(c2)OCO3)n(CC(C)(C)O)n1. The van der Waals surface area contributed by atoms with Gasteiger partial charge in [0.05, 0.1) is 12.1 Å². The van der Waals surface area contributed by atoms with Crippen LogP contribution < -0.4 is 9.47 Å². The maximum atomic E-state index is 10.1. The first-order chi connectivity index (χ1) is 10.9. The van der Waals surface area contributed by atoms with E-state index in [4.69, 9.17) is 14.2 Å². The van der Waals surface area contributed by atoms with Crippen LogP contribution in [0.1, 0.15) is 31.1 Å². The van der Waals surface area contributed by atoms with Gasteiger partial charge in [0.2, 0.25) is 6.79 Å². The lowest BCUT2D eigenvalue weighted by atomic mass is 10.1. The molecule has 1 aliphatic rings. The second kappa shape index (κ2) is 6.17. The number of hydrogen-bond acceptors (Lipinski definition) is 6. The Hall–Kier alpha value is -2.12. The van der Waals surface area contributed by atoms with E-state index in [0.29, 0.717) is 25.4 Å². The largest absolute Gasteiger partial charge is 0.454 e. The van der Waals surface area contributed by atoms with Gasteiger partial charge in [0.1, 0.15) is 12.4 Å². The lowest BCUT2D eigenvalue weighted by molar-refractivity contribution is 0.0564. The highest BCUT2D eigenvalue weighted by Gasteiger charge is 2.20. The maximum Gasteiger partial charge on any atom is 0.231 e. The molecular weight excluding hydrogens is 298 g/mol. The van der Waals surface area contributed by atoms with Gasteiger partial charge in [-0.05, 0) is 31.5 Å². The summed E-state index contributed by atoms with van der Waals surface area (Å²) in [5.41, 5.74) is 0.171. The van der Waals surface area contributed by atoms with Gasteiger partial charge < -0.3 is 19.3 Å². The Morgan fingerprint density at radius 1 is 1.30 bits per heavy atom. The highest BCUT2D eigenvalue weighted by atomic mass is 16.7. The van der Waals surface area contributed by atoms with Crippen LogP contribution in [0.3, 0.4) is 0 Å². The van der Waals surface area contributed by atoms with E-state index >= 15 is 0 Å². The molecule has 0 atom stereocenters. The van der Waals surface area contributed by atoms with Crippen LogP contribution in [0.2, 0.25) is 0 Å². The molecule has 2 heterocycles. The van der Waals surface area contributed by atoms with Gasteiger partial charge in [-0.15, -0.1) is 0 Å². The molecule has 0 amide bonds. The van der Waals surface area contributed by atoms with Crippen molar-refractivity contribution in [2.24, 2.45) is 0 Å². The van der Waals surface area contributed by atoms with E-state index < -0.39 is 5.60 Å². The standard InChI is InChI=1S/C16H21N3O4/c1-16(2,20)9-19-15(17-14(18-19)8-21-3)7-11-4-5-12-13(6-11)23-10-22-12/h4-6,20H,7-10H2,1-3H3. The average Bonchev–Trinajstić information content (AvgIpc) is 3.05. The van der Waals surface area contributed by atoms with Gasteiger partial charge in [-0.3, -0.25) is 0 Å². The van der Waals surface area contributed by atoms with Crippen molar-refractivity contribution in [1.29, 1.82) is 0 Å². The van der Waals surface area contributed by atoms with Crippen molar-refractivity contribution in [2.75, 3.05) is 13.9 Å². The first-order valence-corrected chi connectivity index (χ1v) is 7.47. The zero-order valence-corrected chi connectivity index (χ0v) is 13.6. The van der Waals surface area contributed by atoms with Gasteiger partial charge in [0.15, 0.2) is 17.3 Å². The van der Waals surface area contributed by atoms with Crippen LogP contribution in [0, 0.1) is 0 Å². The van der Waals surface area contributed by atoms with Crippen LogP contribution in [-0.2, 0) is 24.3 Å². The van der Waals surface area contributed by atoms with E-state index in [1.807, 2.05) is 18.2 Å². The van der Waals surface area contributed by atoms with Crippen LogP contribution in [0.15, 0.2) is 18.2 Å². The highest BCUT2D eigenvalue weighted by Crippen LogP contribution is 2.33. The number of nitrogens with zero attached hydrogens (tertiary/aromatic N) is 3. The van der Waals surface area contributed by atoms with Gasteiger partial charge in [-0.1, -0.05) is 6.07 Å². The molecule has 124 valence electrons. The Balaban J connectivity index is 1.85. The summed E-state index contributed by atoms with van der Waals surface area (Å²) in [7, 11) is 1.61. The van der Waals surface area contributed by atoms with Crippen LogP contribution in [-0.4, -0.2) is 39.4 Å². The maximum absolute atomic E-state index is 10.1. The van der Waals surface area contributed by atoms with Crippen molar-refractivity contribution < 1.29 is 19.3 Å². The summed E-state index contributed by atoms with van der Waals surface area (Å²) in [5.74, 6) is 2.88. The molecule has 7 nitrogen and oxygen atoms in total. The van der Waals surface area contributed by atoms with Crippen molar-refractivity contribution in [1.82, 2.24) is 14.8 Å². The van der Waals surface area contributed by atoms with Gasteiger partial charge in [0, 0.05) is 13.5 Å². The molecule has 1 N–H and O–H groups in total. The summed E-state index contributed by atoms with van der Waals surface area (Å²) < 4.78 is 17.6. The second-order valence-corrected chi connectivity index (χ2v) is 6.21. The zero-order chi connectivity index (χ0) is 16.4. The highest BCUT2D eigenvalue weighted by molar-refractivity contribution is 5.45. The van der Waals surface area contributed by atoms with E-state index in [1.165, 1.54) is 0 Å². The summed E-state index contributed by atoms with van der Waals surface area (Å²) in [4.78, 5) is 4.52. The molecule has 1 aromatic carbocycles. The molecule has 0 unspecified atom stereocenters. The molecule has 1 aliphatic heterocycles. The molecule has 0 aliphatic carbocycles. The molecule has 0 saturated carbocycles. The Kier molecular flexibility index (Phi) is 4.23. The third kappa shape index (κ3) is 3.80. The number of ether oxygens (including phenoxy) is 3. The number of rotatable bonds is 6. The minimum atomic E-state index is -0.873. The third-order valence-corrected chi connectivity index (χ3v) is 3.40. The molecule has 0 spiro atoms. The van der Waals surface area contributed by atoms with Crippen LogP contribution in [0.5, 0.6) is 11.5 Å². The molecule has 1 aromatic heterocycles. The molecule has 0 fully saturated rings. The third-order valence-electron chi connectivity index (χ3n) is 3.40. The zero-order valence-electron chi connectivity index (χ0n) is 13.6. The molecule has 0 bridgehead atoms. The lowest BCUT2D eigenvalue weighted by Gasteiger charge is -2.18. The molecular formula is C16H21N3O4. The molecule has 2 aromatic rings. The number of aromatic nitrogens is 3. The molecule has 23 heavy (non-hydrogen) atoms. The Morgan fingerprint density at radius 3 is 2.83 bits per heavy atom. The predicted molar refractivity (Wildman–Crippen MR) is 82.4 cm³/mol. The van der Waals surface area contributed by atoms with Crippen LogP contribution in [0.25, 0.3) is 0 Å². The topological polar surface area (TPSA) is 78.6 Å². The Labute approximate surface area is 134 Å². The predicted octanol–water partition coefficient (Wildman–Crippen LogP) is 1.51. The van der Waals surface area contributed by atoms with Gasteiger partial charge in [0.25, 0.3) is 0 Å². The monoisotopic (exact) mass is 319 g/mol. The quantitative estimate of drug-likeness (QED) is 0.869. The number of hydrogen-bond donors (Lipinski definition) is 1. The summed E-state index contributed by atoms with van der Waals surface area (Å²) >= 11 is 0. The van der Waals surface area contributed by atoms with Crippen molar-refractivity contribution in [3.63, 3.8) is 0 Å². The smallest absolute Gasteiger partial charge is 0.231 e. The number of benzene rings is 1. The summed E-state index contributed by atoms with van der Waals surface area (Å²) in [5, 5.41) is 14.5. The molecule has 0 saturated heterocycles. The fraction of sp³-hybridized carbons (Fsp3) is 0.500. The molecule has 7 heteroatoms. The fourth-order valence-corrected chi connectivity index (χ4v) is 2.47. The van der Waals surface area contributed by atoms with Crippen molar-refractivity contribution in [3.05, 3.63) is 35.4 Å². The van der Waals surface area contributed by atoms with E-state index in [0.717, 1.165) is 22.9 Å². The van der Waals surface area contributed by atoms with E-state index in [9.17, 15) is 5.11 Å². The van der Waals surface area contributed by atoms with Crippen LogP contribution >= 0.6 is 0 Å². The average molecular weight is 319 g/mol. The first kappa shape index (κ1) is 15.8. The van der Waals surface area contributed by atoms with Gasteiger partial charge in [-0.25, -0.2) is 9.67 Å². The summed E-state index contributed by atoms with van der Waals surface area (Å²) in [6.07, 6.45) is 0.587. The van der Waals surface area contributed by atoms with E-state index in [2.05, 4.69) is 10.1 Å². The van der Waals surface area contributed by atoms with E-state index in [-0.39, 0.29) is 6.79 Å².